The Balaban J connectivity index is 1.59. The second-order valence-electron chi connectivity index (χ2n) is 6.09. The number of hydrogen-bond acceptors (Lipinski definition) is 6. The molecule has 128 valence electrons. The van der Waals surface area contributed by atoms with Gasteiger partial charge in [-0.25, -0.2) is 23.7 Å². The van der Waals surface area contributed by atoms with Crippen LogP contribution < -0.4 is 5.73 Å². The molecule has 1 aliphatic rings. The monoisotopic (exact) mass is 352 g/mol. The summed E-state index contributed by atoms with van der Waals surface area (Å²) in [5.74, 6) is 5.11. The summed E-state index contributed by atoms with van der Waals surface area (Å²) in [5, 5.41) is 7.15. The number of oxazole rings is 1. The Bertz CT molecular complexity index is 1240. The summed E-state index contributed by atoms with van der Waals surface area (Å²) in [6, 6.07) is 2.58. The zero-order valence-electron chi connectivity index (χ0n) is 13.2. The predicted octanol–water partition coefficient (Wildman–Crippen LogP) is 2.57. The smallest absolute Gasteiger partial charge is 0.233 e. The average Bonchev–Trinajstić information content (AvgIpc) is 3.05. The van der Waals surface area contributed by atoms with Gasteiger partial charge in [0.15, 0.2) is 16.9 Å². The van der Waals surface area contributed by atoms with Gasteiger partial charge in [0.25, 0.3) is 0 Å². The van der Waals surface area contributed by atoms with Crippen molar-refractivity contribution in [2.24, 2.45) is 0 Å². The first-order valence-electron chi connectivity index (χ1n) is 7.79. The molecule has 3 aromatic heterocycles. The fourth-order valence-electron chi connectivity index (χ4n) is 2.66. The lowest BCUT2D eigenvalue weighted by Crippen LogP contribution is -1.96. The number of alkyl halides is 1. The van der Waals surface area contributed by atoms with E-state index in [2.05, 4.69) is 37.0 Å². The van der Waals surface area contributed by atoms with Crippen molar-refractivity contribution in [1.82, 2.24) is 25.1 Å². The topological polar surface area (TPSA) is 107 Å². The minimum Gasteiger partial charge on any atom is -0.437 e. The number of rotatable bonds is 1. The predicted molar refractivity (Wildman–Crippen MR) is 88.1 cm³/mol. The molecule has 5 rings (SSSR count). The van der Waals surface area contributed by atoms with Gasteiger partial charge in [-0.2, -0.15) is 5.10 Å². The number of nitrogens with zero attached hydrogens (tertiary/aromatic N) is 4. The molecule has 3 N–H and O–H groups in total. The molecule has 0 bridgehead atoms. The van der Waals surface area contributed by atoms with Crippen molar-refractivity contribution in [2.45, 2.75) is 18.5 Å². The van der Waals surface area contributed by atoms with Crippen molar-refractivity contribution in [3.8, 4) is 11.8 Å². The molecule has 0 radical (unpaired) electrons. The van der Waals surface area contributed by atoms with Gasteiger partial charge in [-0.15, -0.1) is 0 Å². The number of anilines is 1. The van der Waals surface area contributed by atoms with Crippen LogP contribution in [-0.4, -0.2) is 25.1 Å². The number of H-pyrrole nitrogens is 1. The van der Waals surface area contributed by atoms with Crippen LogP contribution in [0, 0.1) is 17.7 Å². The molecule has 0 amide bonds. The Morgan fingerprint density at radius 1 is 1.23 bits per heavy atom. The average molecular weight is 352 g/mol. The van der Waals surface area contributed by atoms with Gasteiger partial charge in [-0.05, 0) is 24.8 Å². The van der Waals surface area contributed by atoms with Gasteiger partial charge < -0.3 is 10.2 Å². The second kappa shape index (κ2) is 4.98. The number of nitrogen functional groups attached to an aromatic ring is 1. The Morgan fingerprint density at radius 3 is 2.88 bits per heavy atom. The van der Waals surface area contributed by atoms with E-state index >= 15 is 0 Å². The second-order valence-corrected chi connectivity index (χ2v) is 6.09. The van der Waals surface area contributed by atoms with Crippen molar-refractivity contribution in [1.29, 1.82) is 0 Å². The molecule has 0 unspecified atom stereocenters. The van der Waals surface area contributed by atoms with Crippen LogP contribution in [0.5, 0.6) is 0 Å². The van der Waals surface area contributed by atoms with Gasteiger partial charge in [0.05, 0.1) is 10.9 Å². The lowest BCUT2D eigenvalue weighted by molar-refractivity contribution is 0.256. The lowest BCUT2D eigenvalue weighted by Gasteiger charge is -1.94. The van der Waals surface area contributed by atoms with Gasteiger partial charge >= 0.3 is 0 Å². The molecule has 1 saturated carbocycles. The number of aromatic nitrogens is 5. The number of nitrogens with one attached hydrogen (secondary N) is 1. The first kappa shape index (κ1) is 14.8. The molecular formula is C17H10F2N6O. The highest BCUT2D eigenvalue weighted by Gasteiger charge is 2.49. The molecule has 1 fully saturated rings. The number of benzene rings is 1. The highest BCUT2D eigenvalue weighted by Crippen LogP contribution is 2.49. The largest absolute Gasteiger partial charge is 0.437 e. The maximum absolute atomic E-state index is 14.3. The van der Waals surface area contributed by atoms with Crippen LogP contribution in [0.25, 0.3) is 22.1 Å². The van der Waals surface area contributed by atoms with Crippen LogP contribution in [0.4, 0.5) is 14.6 Å². The molecule has 26 heavy (non-hydrogen) atoms. The van der Waals surface area contributed by atoms with Crippen LogP contribution in [-0.2, 0) is 5.67 Å². The summed E-state index contributed by atoms with van der Waals surface area (Å²) in [6.07, 6.45) is 2.03. The van der Waals surface area contributed by atoms with Crippen molar-refractivity contribution in [3.63, 3.8) is 0 Å². The number of aromatic amines is 1. The first-order valence-corrected chi connectivity index (χ1v) is 7.79. The number of halogens is 2. The number of hydrogen-bond donors (Lipinski definition) is 2. The van der Waals surface area contributed by atoms with Crippen LogP contribution in [0.15, 0.2) is 22.9 Å². The van der Waals surface area contributed by atoms with E-state index in [9.17, 15) is 8.78 Å². The summed E-state index contributed by atoms with van der Waals surface area (Å²) in [5.41, 5.74) is 5.68. The summed E-state index contributed by atoms with van der Waals surface area (Å²) in [6.45, 7) is 0. The molecule has 1 aliphatic carbocycles. The Morgan fingerprint density at radius 2 is 2.08 bits per heavy atom. The van der Waals surface area contributed by atoms with Gasteiger partial charge in [0.2, 0.25) is 5.89 Å². The third kappa shape index (κ3) is 2.19. The minimum atomic E-state index is -1.52. The third-order valence-electron chi connectivity index (χ3n) is 4.25. The van der Waals surface area contributed by atoms with E-state index in [4.69, 9.17) is 10.2 Å². The van der Waals surface area contributed by atoms with Crippen molar-refractivity contribution in [2.75, 3.05) is 5.73 Å². The van der Waals surface area contributed by atoms with Crippen LogP contribution in [0.2, 0.25) is 0 Å². The summed E-state index contributed by atoms with van der Waals surface area (Å²) in [4.78, 5) is 12.0. The summed E-state index contributed by atoms with van der Waals surface area (Å²) < 4.78 is 33.7. The maximum atomic E-state index is 14.3. The summed E-state index contributed by atoms with van der Waals surface area (Å²) in [7, 11) is 0. The Labute approximate surface area is 144 Å². The van der Waals surface area contributed by atoms with Crippen molar-refractivity contribution in [3.05, 3.63) is 41.4 Å². The van der Waals surface area contributed by atoms with Crippen molar-refractivity contribution >= 4 is 28.0 Å². The normalized spacial score (nSPS) is 15.2. The van der Waals surface area contributed by atoms with E-state index in [1.807, 2.05) is 0 Å². The molecular weight excluding hydrogens is 342 g/mol. The highest BCUT2D eigenvalue weighted by atomic mass is 19.1. The quantitative estimate of drug-likeness (QED) is 0.510. The van der Waals surface area contributed by atoms with E-state index in [1.54, 1.807) is 0 Å². The van der Waals surface area contributed by atoms with Gasteiger partial charge in [0.1, 0.15) is 29.2 Å². The first-order chi connectivity index (χ1) is 12.5. The summed E-state index contributed by atoms with van der Waals surface area (Å²) >= 11 is 0. The zero-order chi connectivity index (χ0) is 17.9. The van der Waals surface area contributed by atoms with Gasteiger partial charge in [-0.1, -0.05) is 5.92 Å². The van der Waals surface area contributed by atoms with E-state index in [1.165, 1.54) is 12.4 Å². The lowest BCUT2D eigenvalue weighted by atomic mass is 10.2. The third-order valence-corrected chi connectivity index (χ3v) is 4.25. The van der Waals surface area contributed by atoms with Gasteiger partial charge in [0, 0.05) is 6.07 Å². The van der Waals surface area contributed by atoms with Gasteiger partial charge in [-0.3, -0.25) is 5.10 Å². The Kier molecular flexibility index (Phi) is 2.83. The maximum Gasteiger partial charge on any atom is 0.233 e. The van der Waals surface area contributed by atoms with Crippen molar-refractivity contribution < 1.29 is 13.2 Å². The number of fused-ring (bicyclic) bond motifs is 2. The Hall–Kier alpha value is -3.54. The van der Waals surface area contributed by atoms with E-state index in [0.29, 0.717) is 35.1 Å². The molecule has 7 nitrogen and oxygen atoms in total. The fourth-order valence-corrected chi connectivity index (χ4v) is 2.66. The number of nitrogens with two attached hydrogens (primary N) is 1. The molecule has 4 aromatic rings. The molecule has 0 saturated heterocycles. The fraction of sp³-hybridized carbons (Fsp3) is 0.176. The van der Waals surface area contributed by atoms with Crippen LogP contribution in [0.1, 0.15) is 30.0 Å². The molecule has 9 heteroatoms. The molecule has 3 heterocycles. The molecule has 0 aliphatic heterocycles. The highest BCUT2D eigenvalue weighted by molar-refractivity contribution is 5.90. The standard InChI is InChI=1S/C17H10F2N6O/c18-9-6-12-11(23-16(26-12)17(19)3-4-17)5-8(9)1-2-10-13-14(20)21-7-22-15(13)25-24-10/h5-7H,3-4H2,(H3,20,21,22,24,25). The zero-order valence-corrected chi connectivity index (χ0v) is 13.2. The molecule has 0 atom stereocenters. The van der Waals surface area contributed by atoms with Crippen LogP contribution in [0.3, 0.4) is 0 Å². The van der Waals surface area contributed by atoms with Crippen LogP contribution >= 0.6 is 0 Å². The SMILES string of the molecule is Nc1ncnc2n[nH]c(C#Cc3cc4nc(C5(F)CC5)oc4cc3F)c12. The van der Waals surface area contributed by atoms with E-state index in [-0.39, 0.29) is 22.9 Å². The molecule has 1 aromatic carbocycles. The minimum absolute atomic E-state index is 0.0125. The van der Waals surface area contributed by atoms with E-state index in [0.717, 1.165) is 6.07 Å². The molecule has 0 spiro atoms. The van der Waals surface area contributed by atoms with E-state index < -0.39 is 11.5 Å².